The number of hydrogen-bond acceptors (Lipinski definition) is 7. The Morgan fingerprint density at radius 3 is 2.23 bits per heavy atom. The van der Waals surface area contributed by atoms with Crippen LogP contribution in [-0.4, -0.2) is 74.7 Å². The summed E-state index contributed by atoms with van der Waals surface area (Å²) in [5.74, 6) is 0. The number of aromatic nitrogens is 2. The highest BCUT2D eigenvalue weighted by molar-refractivity contribution is 6.33. The molecule has 2 saturated heterocycles. The van der Waals surface area contributed by atoms with Gasteiger partial charge in [-0.05, 0) is 49.9 Å². The highest BCUT2D eigenvalue weighted by Crippen LogP contribution is 2.27. The summed E-state index contributed by atoms with van der Waals surface area (Å²) < 4.78 is 30.4. The van der Waals surface area contributed by atoms with Crippen LogP contribution in [0.4, 0.5) is 15.8 Å². The average molecular weight is 588 g/mol. The number of rotatable bonds is 5. The van der Waals surface area contributed by atoms with E-state index in [1.54, 1.807) is 0 Å². The quantitative estimate of drug-likeness (QED) is 0.495. The summed E-state index contributed by atoms with van der Waals surface area (Å²) in [5, 5.41) is 7.49. The van der Waals surface area contributed by atoms with Crippen molar-refractivity contribution >= 4 is 34.6 Å². The van der Waals surface area contributed by atoms with Gasteiger partial charge < -0.3 is 24.4 Å². The van der Waals surface area contributed by atoms with E-state index in [0.717, 1.165) is 42.2 Å². The number of hydrogen-bond donors (Lipinski definition) is 1. The van der Waals surface area contributed by atoms with Crippen molar-refractivity contribution < 1.29 is 18.6 Å². The fourth-order valence-electron chi connectivity index (χ4n) is 4.64. The van der Waals surface area contributed by atoms with Crippen molar-refractivity contribution in [3.05, 3.63) is 50.9 Å². The van der Waals surface area contributed by atoms with Crippen LogP contribution in [0.5, 0.6) is 0 Å². The zero-order chi connectivity index (χ0) is 28.1. The van der Waals surface area contributed by atoms with Crippen molar-refractivity contribution in [1.82, 2.24) is 9.78 Å². The Morgan fingerprint density at radius 2 is 1.67 bits per heavy atom. The fraction of sp³-hybridized carbons (Fsp3) is 0.643. The van der Waals surface area contributed by atoms with Crippen molar-refractivity contribution in [3.8, 4) is 0 Å². The monoisotopic (exact) mass is 586 g/mol. The molecular formula is C28H41Cl2FN4O4. The summed E-state index contributed by atoms with van der Waals surface area (Å²) in [7, 11) is 3.70. The van der Waals surface area contributed by atoms with Crippen molar-refractivity contribution in [2.75, 3.05) is 63.5 Å². The molecule has 0 spiro atoms. The second kappa shape index (κ2) is 16.4. The van der Waals surface area contributed by atoms with E-state index in [4.69, 9.17) is 37.4 Å². The van der Waals surface area contributed by atoms with Gasteiger partial charge in [0, 0.05) is 37.5 Å². The predicted octanol–water partition coefficient (Wildman–Crippen LogP) is 5.51. The first-order valence-electron chi connectivity index (χ1n) is 13.7. The lowest BCUT2D eigenvalue weighted by Crippen LogP contribution is -2.40. The van der Waals surface area contributed by atoms with Crippen molar-refractivity contribution in [3.63, 3.8) is 0 Å². The van der Waals surface area contributed by atoms with Gasteiger partial charge in [-0.15, -0.1) is 0 Å². The summed E-state index contributed by atoms with van der Waals surface area (Å²) in [5.41, 5.74) is -0.189. The molecule has 3 heterocycles. The molecule has 2 aliphatic heterocycles. The maximum absolute atomic E-state index is 14.2. The molecule has 218 valence electrons. The van der Waals surface area contributed by atoms with Gasteiger partial charge in [-0.1, -0.05) is 42.5 Å². The predicted molar refractivity (Wildman–Crippen MR) is 155 cm³/mol. The summed E-state index contributed by atoms with van der Waals surface area (Å²) in [4.78, 5) is 13.9. The number of nitrogens with zero attached hydrogens (tertiary/aromatic N) is 3. The highest BCUT2D eigenvalue weighted by atomic mass is 35.5. The minimum atomic E-state index is -1.41. The Labute approximate surface area is 240 Å². The fourth-order valence-corrected chi connectivity index (χ4v) is 5.00. The van der Waals surface area contributed by atoms with Gasteiger partial charge in [0.25, 0.3) is 5.56 Å². The number of halogens is 3. The molecule has 0 amide bonds. The second-order valence-corrected chi connectivity index (χ2v) is 10.9. The lowest BCUT2D eigenvalue weighted by molar-refractivity contribution is -0.0334. The van der Waals surface area contributed by atoms with Gasteiger partial charge in [0.2, 0.25) is 0 Å². The molecule has 8 nitrogen and oxygen atoms in total. The van der Waals surface area contributed by atoms with E-state index < -0.39 is 11.2 Å². The van der Waals surface area contributed by atoms with Crippen LogP contribution in [0.25, 0.3) is 0 Å². The molecule has 0 radical (unpaired) electrons. The first-order chi connectivity index (χ1) is 18.8. The zero-order valence-electron chi connectivity index (χ0n) is 23.0. The maximum atomic E-state index is 14.2. The smallest absolute Gasteiger partial charge is 0.287 e. The van der Waals surface area contributed by atoms with Crippen LogP contribution < -0.4 is 15.8 Å². The van der Waals surface area contributed by atoms with E-state index in [1.807, 2.05) is 12.1 Å². The minimum absolute atomic E-state index is 0.0211. The molecular weight excluding hydrogens is 546 g/mol. The SMILES string of the molecule is C1COCCO1.CN(c1ccc(Cl)cc1)C1CCCCC1.Cn1ncc(NCC2(F)CCCOC2)c(Cl)c1=O. The van der Waals surface area contributed by atoms with Crippen LogP contribution >= 0.6 is 23.2 Å². The van der Waals surface area contributed by atoms with E-state index >= 15 is 0 Å². The van der Waals surface area contributed by atoms with Crippen LogP contribution in [-0.2, 0) is 21.3 Å². The standard InChI is InChI=1S/C13H18ClN.C11H15ClFN3O2.C4H8O2/c1-15(12-5-3-2-4-6-12)13-9-7-11(14)8-10-13;1-16-10(17)9(12)8(5-15-16)14-6-11(13)3-2-4-18-7-11;1-2-6-4-3-5-1/h7-10,12H,2-6H2,1H3;5,14H,2-4,6-7H2,1H3;1-4H2. The second-order valence-electron chi connectivity index (χ2n) is 10.1. The topological polar surface area (TPSA) is 77.8 Å². The van der Waals surface area contributed by atoms with Gasteiger partial charge in [0.1, 0.15) is 5.02 Å². The first kappa shape index (κ1) is 31.6. The molecule has 1 saturated carbocycles. The Balaban J connectivity index is 0.000000180. The zero-order valence-corrected chi connectivity index (χ0v) is 24.5. The minimum Gasteiger partial charge on any atom is -0.379 e. The molecule has 11 heteroatoms. The molecule has 1 unspecified atom stereocenters. The molecule has 3 aliphatic rings. The number of nitrogens with one attached hydrogen (secondary N) is 1. The molecule has 2 aromatic rings. The number of aryl methyl sites for hydroxylation is 1. The number of alkyl halides is 1. The molecule has 39 heavy (non-hydrogen) atoms. The third kappa shape index (κ3) is 10.5. The number of benzene rings is 1. The molecule has 5 rings (SSSR count). The molecule has 0 bridgehead atoms. The van der Waals surface area contributed by atoms with Crippen molar-refractivity contribution in [1.29, 1.82) is 0 Å². The summed E-state index contributed by atoms with van der Waals surface area (Å²) in [6, 6.07) is 8.88. The van der Waals surface area contributed by atoms with E-state index in [0.29, 0.717) is 25.1 Å². The molecule has 3 fully saturated rings. The highest BCUT2D eigenvalue weighted by Gasteiger charge is 2.32. The van der Waals surface area contributed by atoms with E-state index in [9.17, 15) is 9.18 Å². The normalized spacial score (nSPS) is 21.6. The van der Waals surface area contributed by atoms with Gasteiger partial charge in [-0.3, -0.25) is 4.79 Å². The van der Waals surface area contributed by atoms with Crippen LogP contribution in [0, 0.1) is 0 Å². The lowest BCUT2D eigenvalue weighted by Gasteiger charge is -2.33. The van der Waals surface area contributed by atoms with Gasteiger partial charge in [0.15, 0.2) is 5.67 Å². The molecule has 1 aromatic heterocycles. The Hall–Kier alpha value is -1.91. The molecule has 1 aromatic carbocycles. The Kier molecular flexibility index (Phi) is 13.3. The third-order valence-electron chi connectivity index (χ3n) is 7.05. The summed E-state index contributed by atoms with van der Waals surface area (Å²) in [6.45, 7) is 3.83. The average Bonchev–Trinajstić information content (AvgIpc) is 2.98. The number of ether oxygens (including phenoxy) is 3. The van der Waals surface area contributed by atoms with E-state index in [1.165, 1.54) is 51.0 Å². The third-order valence-corrected chi connectivity index (χ3v) is 7.67. The molecule has 1 N–H and O–H groups in total. The maximum Gasteiger partial charge on any atom is 0.287 e. The Morgan fingerprint density at radius 1 is 1.03 bits per heavy atom. The van der Waals surface area contributed by atoms with Crippen molar-refractivity contribution in [2.45, 2.75) is 56.7 Å². The van der Waals surface area contributed by atoms with E-state index in [-0.39, 0.29) is 18.2 Å². The molecule has 1 aliphatic carbocycles. The summed E-state index contributed by atoms with van der Waals surface area (Å²) in [6.07, 6.45) is 9.38. The van der Waals surface area contributed by atoms with Gasteiger partial charge in [0.05, 0.1) is 51.5 Å². The van der Waals surface area contributed by atoms with Gasteiger partial charge >= 0.3 is 0 Å². The summed E-state index contributed by atoms with van der Waals surface area (Å²) >= 11 is 11.8. The van der Waals surface area contributed by atoms with E-state index in [2.05, 4.69) is 34.5 Å². The van der Waals surface area contributed by atoms with Crippen LogP contribution in [0.1, 0.15) is 44.9 Å². The largest absolute Gasteiger partial charge is 0.379 e. The van der Waals surface area contributed by atoms with Gasteiger partial charge in [-0.2, -0.15) is 5.10 Å². The van der Waals surface area contributed by atoms with Crippen LogP contribution in [0.15, 0.2) is 35.3 Å². The molecule has 1 atom stereocenters. The first-order valence-corrected chi connectivity index (χ1v) is 14.4. The van der Waals surface area contributed by atoms with Gasteiger partial charge in [-0.25, -0.2) is 9.07 Å². The lowest BCUT2D eigenvalue weighted by atomic mass is 9.94. The Bertz CT molecular complexity index is 1030. The van der Waals surface area contributed by atoms with Crippen molar-refractivity contribution in [2.24, 2.45) is 7.05 Å². The number of anilines is 2. The van der Waals surface area contributed by atoms with Crippen LogP contribution in [0.2, 0.25) is 10.0 Å². The van der Waals surface area contributed by atoms with Crippen LogP contribution in [0.3, 0.4) is 0 Å².